The van der Waals surface area contributed by atoms with Crippen molar-refractivity contribution in [1.29, 1.82) is 5.26 Å². The first-order valence-electron chi connectivity index (χ1n) is 7.22. The summed E-state index contributed by atoms with van der Waals surface area (Å²) in [5.41, 5.74) is 1.47. The number of amides is 1. The maximum absolute atomic E-state index is 12.5. The van der Waals surface area contributed by atoms with E-state index in [1.54, 1.807) is 18.2 Å². The van der Waals surface area contributed by atoms with Crippen LogP contribution in [0.15, 0.2) is 41.3 Å². The van der Waals surface area contributed by atoms with E-state index in [0.29, 0.717) is 22.2 Å². The molecule has 0 spiro atoms. The van der Waals surface area contributed by atoms with E-state index in [2.05, 4.69) is 11.4 Å². The summed E-state index contributed by atoms with van der Waals surface area (Å²) in [5.74, 6) is 0.128. The number of nitriles is 1. The lowest BCUT2D eigenvalue weighted by Crippen LogP contribution is -2.24. The Kier molecular flexibility index (Phi) is 3.75. The Morgan fingerprint density at radius 2 is 2.04 bits per heavy atom. The Morgan fingerprint density at radius 3 is 2.88 bits per heavy atom. The number of thioether (sulfide) groups is 1. The second kappa shape index (κ2) is 5.93. The minimum atomic E-state index is -0.832. The Hall–Kier alpha value is -2.36. The van der Waals surface area contributed by atoms with E-state index in [0.717, 1.165) is 10.5 Å². The highest BCUT2D eigenvalue weighted by atomic mass is 35.5. The third-order valence-corrected chi connectivity index (χ3v) is 5.55. The third kappa shape index (κ3) is 2.56. The molecule has 120 valence electrons. The van der Waals surface area contributed by atoms with Gasteiger partial charge < -0.3 is 14.8 Å². The quantitative estimate of drug-likeness (QED) is 0.834. The lowest BCUT2D eigenvalue weighted by Gasteiger charge is -2.18. The molecule has 4 rings (SSSR count). The standard InChI is InChI=1S/C17H11ClN2O3S/c18-10-2-4-15-12(6-10)20-17(21)11(7-19)16(24-15)9-1-3-13-14(5-9)23-8-22-13/h1-6,11,16H,8H2,(H,20,21)/t11-,16+/m1/s1. The highest BCUT2D eigenvalue weighted by Crippen LogP contribution is 2.48. The second-order valence-electron chi connectivity index (χ2n) is 5.39. The summed E-state index contributed by atoms with van der Waals surface area (Å²) in [7, 11) is 0. The fourth-order valence-corrected chi connectivity index (χ4v) is 4.16. The minimum absolute atomic E-state index is 0.181. The molecule has 0 saturated carbocycles. The third-order valence-electron chi connectivity index (χ3n) is 3.90. The molecule has 0 bridgehead atoms. The van der Waals surface area contributed by atoms with Crippen LogP contribution in [0.5, 0.6) is 11.5 Å². The van der Waals surface area contributed by atoms with Crippen LogP contribution >= 0.6 is 23.4 Å². The van der Waals surface area contributed by atoms with Crippen LogP contribution in [-0.4, -0.2) is 12.7 Å². The van der Waals surface area contributed by atoms with Gasteiger partial charge in [-0.1, -0.05) is 17.7 Å². The van der Waals surface area contributed by atoms with Gasteiger partial charge in [0.1, 0.15) is 5.92 Å². The van der Waals surface area contributed by atoms with Gasteiger partial charge in [0.25, 0.3) is 0 Å². The van der Waals surface area contributed by atoms with Crippen LogP contribution in [0.25, 0.3) is 0 Å². The number of benzene rings is 2. The molecular formula is C17H11ClN2O3S. The molecule has 0 unspecified atom stereocenters. The number of anilines is 1. The monoisotopic (exact) mass is 358 g/mol. The van der Waals surface area contributed by atoms with Gasteiger partial charge in [0.05, 0.1) is 17.0 Å². The van der Waals surface area contributed by atoms with E-state index < -0.39 is 5.92 Å². The molecule has 2 aliphatic rings. The second-order valence-corrected chi connectivity index (χ2v) is 7.01. The highest BCUT2D eigenvalue weighted by molar-refractivity contribution is 7.99. The van der Waals surface area contributed by atoms with Crippen molar-refractivity contribution < 1.29 is 14.3 Å². The molecule has 2 atom stereocenters. The number of halogens is 1. The first-order valence-corrected chi connectivity index (χ1v) is 8.48. The van der Waals surface area contributed by atoms with E-state index in [1.165, 1.54) is 11.8 Å². The molecule has 2 aromatic rings. The van der Waals surface area contributed by atoms with Crippen LogP contribution in [0.1, 0.15) is 10.8 Å². The molecule has 0 aliphatic carbocycles. The average molecular weight is 359 g/mol. The summed E-state index contributed by atoms with van der Waals surface area (Å²) in [6.07, 6.45) is 0. The van der Waals surface area contributed by atoms with Crippen molar-refractivity contribution in [2.24, 2.45) is 5.92 Å². The molecule has 0 saturated heterocycles. The van der Waals surface area contributed by atoms with Crippen LogP contribution in [0.4, 0.5) is 5.69 Å². The van der Waals surface area contributed by atoms with Crippen molar-refractivity contribution in [2.45, 2.75) is 10.1 Å². The van der Waals surface area contributed by atoms with Crippen LogP contribution in [0.2, 0.25) is 5.02 Å². The fourth-order valence-electron chi connectivity index (χ4n) is 2.73. The van der Waals surface area contributed by atoms with Crippen molar-refractivity contribution >= 4 is 35.0 Å². The van der Waals surface area contributed by atoms with Gasteiger partial charge in [0.2, 0.25) is 12.7 Å². The largest absolute Gasteiger partial charge is 0.454 e. The zero-order chi connectivity index (χ0) is 16.7. The molecule has 1 N–H and O–H groups in total. The van der Waals surface area contributed by atoms with Crippen molar-refractivity contribution in [2.75, 3.05) is 12.1 Å². The number of rotatable bonds is 1. The number of hydrogen-bond donors (Lipinski definition) is 1. The lowest BCUT2D eigenvalue weighted by atomic mass is 9.98. The molecule has 1 amide bonds. The molecule has 2 aromatic carbocycles. The summed E-state index contributed by atoms with van der Waals surface area (Å²) in [6.45, 7) is 0.181. The predicted molar refractivity (Wildman–Crippen MR) is 90.3 cm³/mol. The minimum Gasteiger partial charge on any atom is -0.454 e. The van der Waals surface area contributed by atoms with Gasteiger partial charge in [-0.25, -0.2) is 0 Å². The van der Waals surface area contributed by atoms with E-state index in [1.807, 2.05) is 18.2 Å². The summed E-state index contributed by atoms with van der Waals surface area (Å²) >= 11 is 7.47. The molecule has 2 heterocycles. The van der Waals surface area contributed by atoms with E-state index in [-0.39, 0.29) is 18.0 Å². The zero-order valence-corrected chi connectivity index (χ0v) is 13.9. The van der Waals surface area contributed by atoms with Gasteiger partial charge in [0, 0.05) is 9.92 Å². The summed E-state index contributed by atoms with van der Waals surface area (Å²) < 4.78 is 10.7. The SMILES string of the molecule is N#C[C@H]1C(=O)Nc2cc(Cl)ccc2S[C@H]1c1ccc2c(c1)OCO2. The van der Waals surface area contributed by atoms with Gasteiger partial charge in [-0.15, -0.1) is 11.8 Å². The van der Waals surface area contributed by atoms with Crippen LogP contribution < -0.4 is 14.8 Å². The Balaban J connectivity index is 1.78. The van der Waals surface area contributed by atoms with Gasteiger partial charge in [-0.2, -0.15) is 5.26 Å². The number of nitrogens with zero attached hydrogens (tertiary/aromatic N) is 1. The van der Waals surface area contributed by atoms with Gasteiger partial charge >= 0.3 is 0 Å². The summed E-state index contributed by atoms with van der Waals surface area (Å²) in [5, 5.41) is 12.5. The first-order chi connectivity index (χ1) is 11.7. The summed E-state index contributed by atoms with van der Waals surface area (Å²) in [4.78, 5) is 13.4. The maximum atomic E-state index is 12.5. The number of hydrogen-bond acceptors (Lipinski definition) is 5. The molecule has 24 heavy (non-hydrogen) atoms. The van der Waals surface area contributed by atoms with Crippen molar-refractivity contribution in [3.63, 3.8) is 0 Å². The zero-order valence-electron chi connectivity index (χ0n) is 12.3. The summed E-state index contributed by atoms with van der Waals surface area (Å²) in [6, 6.07) is 12.9. The number of carbonyl (C=O) groups excluding carboxylic acids is 1. The fraction of sp³-hybridized carbons (Fsp3) is 0.176. The Labute approximate surface area is 147 Å². The van der Waals surface area contributed by atoms with Gasteiger partial charge in [-0.05, 0) is 35.9 Å². The average Bonchev–Trinajstić information content (AvgIpc) is 2.98. The Morgan fingerprint density at radius 1 is 1.21 bits per heavy atom. The van der Waals surface area contributed by atoms with Crippen molar-refractivity contribution in [3.05, 3.63) is 47.0 Å². The molecule has 0 aromatic heterocycles. The number of carbonyl (C=O) groups is 1. The van der Waals surface area contributed by atoms with Crippen LogP contribution in [-0.2, 0) is 4.79 Å². The molecule has 7 heteroatoms. The lowest BCUT2D eigenvalue weighted by molar-refractivity contribution is -0.118. The van der Waals surface area contributed by atoms with Gasteiger partial charge in [0.15, 0.2) is 11.5 Å². The number of ether oxygens (including phenoxy) is 2. The van der Waals surface area contributed by atoms with Crippen LogP contribution in [0.3, 0.4) is 0 Å². The van der Waals surface area contributed by atoms with Crippen LogP contribution in [0, 0.1) is 17.2 Å². The normalized spacial score (nSPS) is 21.4. The number of fused-ring (bicyclic) bond motifs is 2. The predicted octanol–water partition coefficient (Wildman–Crippen LogP) is 3.99. The highest BCUT2D eigenvalue weighted by Gasteiger charge is 2.35. The van der Waals surface area contributed by atoms with Crippen molar-refractivity contribution in [3.8, 4) is 17.6 Å². The van der Waals surface area contributed by atoms with E-state index >= 15 is 0 Å². The van der Waals surface area contributed by atoms with E-state index in [9.17, 15) is 10.1 Å². The smallest absolute Gasteiger partial charge is 0.243 e. The molecule has 0 radical (unpaired) electrons. The maximum Gasteiger partial charge on any atom is 0.243 e. The number of nitrogens with one attached hydrogen (secondary N) is 1. The van der Waals surface area contributed by atoms with Crippen molar-refractivity contribution in [1.82, 2.24) is 0 Å². The molecule has 0 fully saturated rings. The first kappa shape index (κ1) is 15.2. The van der Waals surface area contributed by atoms with Gasteiger partial charge in [-0.3, -0.25) is 4.79 Å². The molecule has 2 aliphatic heterocycles. The topological polar surface area (TPSA) is 71.4 Å². The Bertz CT molecular complexity index is 881. The molecular weight excluding hydrogens is 348 g/mol. The van der Waals surface area contributed by atoms with E-state index in [4.69, 9.17) is 21.1 Å². The molecule has 5 nitrogen and oxygen atoms in total.